The van der Waals surface area contributed by atoms with E-state index in [9.17, 15) is 9.90 Å². The topological polar surface area (TPSA) is 55.8 Å². The van der Waals surface area contributed by atoms with Crippen LogP contribution in [0, 0.1) is 13.8 Å². The Morgan fingerprint density at radius 1 is 1.17 bits per heavy atom. The van der Waals surface area contributed by atoms with Crippen LogP contribution in [0.25, 0.3) is 0 Å². The van der Waals surface area contributed by atoms with Crippen molar-refractivity contribution in [3.8, 4) is 11.5 Å². The van der Waals surface area contributed by atoms with E-state index in [1.807, 2.05) is 26.0 Å². The van der Waals surface area contributed by atoms with Gasteiger partial charge in [-0.2, -0.15) is 0 Å². The molecule has 0 aliphatic rings. The first-order valence-corrected chi connectivity index (χ1v) is 8.15. The summed E-state index contributed by atoms with van der Waals surface area (Å²) in [6.07, 6.45) is 0.270. The first-order valence-electron chi connectivity index (χ1n) is 7.78. The van der Waals surface area contributed by atoms with Gasteiger partial charge in [0.05, 0.1) is 11.6 Å². The van der Waals surface area contributed by atoms with Crippen molar-refractivity contribution in [1.29, 1.82) is 0 Å². The quantitative estimate of drug-likeness (QED) is 0.623. The molecule has 24 heavy (non-hydrogen) atoms. The average molecular weight is 349 g/mol. The lowest BCUT2D eigenvalue weighted by molar-refractivity contribution is -0.134. The minimum atomic E-state index is -0.337. The number of carbonyl (C=O) groups excluding carboxylic acids is 1. The van der Waals surface area contributed by atoms with Crippen molar-refractivity contribution in [2.24, 2.45) is 0 Å². The van der Waals surface area contributed by atoms with E-state index in [4.69, 9.17) is 21.1 Å². The molecule has 0 aliphatic carbocycles. The van der Waals surface area contributed by atoms with Gasteiger partial charge >= 0.3 is 5.97 Å². The number of hydrogen-bond acceptors (Lipinski definition) is 4. The third-order valence-electron chi connectivity index (χ3n) is 3.83. The highest BCUT2D eigenvalue weighted by molar-refractivity contribution is 6.32. The molecule has 2 rings (SSSR count). The molecule has 1 N–H and O–H groups in total. The number of aliphatic hydroxyl groups excluding tert-OH is 1. The Morgan fingerprint density at radius 3 is 2.54 bits per heavy atom. The number of aryl methyl sites for hydroxylation is 2. The fourth-order valence-electron chi connectivity index (χ4n) is 2.23. The van der Waals surface area contributed by atoms with Crippen LogP contribution in [0.5, 0.6) is 11.5 Å². The smallest absolute Gasteiger partial charge is 0.310 e. The van der Waals surface area contributed by atoms with Gasteiger partial charge in [-0.3, -0.25) is 4.79 Å². The first kappa shape index (κ1) is 18.3. The van der Waals surface area contributed by atoms with Gasteiger partial charge in [-0.25, -0.2) is 0 Å². The maximum atomic E-state index is 11.6. The molecule has 128 valence electrons. The molecule has 2 aromatic carbocycles. The predicted octanol–water partition coefficient (Wildman–Crippen LogP) is 4.34. The van der Waals surface area contributed by atoms with E-state index in [-0.39, 0.29) is 25.6 Å². The minimum Gasteiger partial charge on any atom is -0.487 e. The Balaban J connectivity index is 2.28. The van der Waals surface area contributed by atoms with E-state index in [2.05, 4.69) is 0 Å². The number of benzene rings is 2. The van der Waals surface area contributed by atoms with Crippen LogP contribution in [0.2, 0.25) is 5.02 Å². The van der Waals surface area contributed by atoms with Crippen molar-refractivity contribution in [3.05, 3.63) is 57.6 Å². The van der Waals surface area contributed by atoms with E-state index in [1.54, 1.807) is 25.1 Å². The van der Waals surface area contributed by atoms with Crippen molar-refractivity contribution >= 4 is 17.6 Å². The lowest BCUT2D eigenvalue weighted by atomic mass is 10.1. The SMILES string of the molecule is CCC(=O)Oc1cccc(CO)c1COc1cc(C)c(C)cc1Cl. The maximum Gasteiger partial charge on any atom is 0.310 e. The van der Waals surface area contributed by atoms with Gasteiger partial charge in [-0.15, -0.1) is 0 Å². The van der Waals surface area contributed by atoms with Crippen LogP contribution in [0.4, 0.5) is 0 Å². The minimum absolute atomic E-state index is 0.144. The number of hydrogen-bond donors (Lipinski definition) is 1. The first-order chi connectivity index (χ1) is 11.5. The second kappa shape index (κ2) is 8.18. The van der Waals surface area contributed by atoms with Crippen LogP contribution in [0.3, 0.4) is 0 Å². The predicted molar refractivity (Wildman–Crippen MR) is 93.5 cm³/mol. The summed E-state index contributed by atoms with van der Waals surface area (Å²) in [7, 11) is 0. The molecule has 4 nitrogen and oxygen atoms in total. The van der Waals surface area contributed by atoms with E-state index in [0.29, 0.717) is 27.6 Å². The van der Waals surface area contributed by atoms with E-state index in [0.717, 1.165) is 11.1 Å². The maximum absolute atomic E-state index is 11.6. The van der Waals surface area contributed by atoms with Crippen LogP contribution in [0.1, 0.15) is 35.6 Å². The molecule has 5 heteroatoms. The zero-order valence-corrected chi connectivity index (χ0v) is 14.8. The van der Waals surface area contributed by atoms with Gasteiger partial charge in [-0.05, 0) is 48.7 Å². The Bertz CT molecular complexity index is 740. The fourth-order valence-corrected chi connectivity index (χ4v) is 2.50. The molecule has 0 amide bonds. The third kappa shape index (κ3) is 4.28. The highest BCUT2D eigenvalue weighted by atomic mass is 35.5. The molecule has 0 spiro atoms. The van der Waals surface area contributed by atoms with Crippen LogP contribution in [-0.2, 0) is 18.0 Å². The van der Waals surface area contributed by atoms with Gasteiger partial charge in [0, 0.05) is 12.0 Å². The molecule has 0 aliphatic heterocycles. The van der Waals surface area contributed by atoms with Gasteiger partial charge < -0.3 is 14.6 Å². The second-order valence-corrected chi connectivity index (χ2v) is 5.94. The number of ether oxygens (including phenoxy) is 2. The lowest BCUT2D eigenvalue weighted by Crippen LogP contribution is -2.10. The molecule has 0 radical (unpaired) electrons. The molecule has 0 unspecified atom stereocenters. The van der Waals surface area contributed by atoms with Gasteiger partial charge in [0.1, 0.15) is 18.1 Å². The lowest BCUT2D eigenvalue weighted by Gasteiger charge is -2.15. The summed E-state index contributed by atoms with van der Waals surface area (Å²) in [4.78, 5) is 11.6. The highest BCUT2D eigenvalue weighted by Gasteiger charge is 2.14. The summed E-state index contributed by atoms with van der Waals surface area (Å²) < 4.78 is 11.2. The summed E-state index contributed by atoms with van der Waals surface area (Å²) >= 11 is 6.23. The van der Waals surface area contributed by atoms with Gasteiger partial charge in [-0.1, -0.05) is 30.7 Å². The van der Waals surface area contributed by atoms with Gasteiger partial charge in [0.2, 0.25) is 0 Å². The molecule has 0 fully saturated rings. The molecule has 0 aromatic heterocycles. The van der Waals surface area contributed by atoms with Crippen molar-refractivity contribution in [2.45, 2.75) is 40.4 Å². The molecule has 0 atom stereocenters. The number of esters is 1. The zero-order chi connectivity index (χ0) is 17.7. The highest BCUT2D eigenvalue weighted by Crippen LogP contribution is 2.30. The number of halogens is 1. The van der Waals surface area contributed by atoms with Crippen molar-refractivity contribution in [2.75, 3.05) is 0 Å². The Kier molecular flexibility index (Phi) is 6.23. The Labute approximate surface area is 147 Å². The van der Waals surface area contributed by atoms with Crippen molar-refractivity contribution in [3.63, 3.8) is 0 Å². The van der Waals surface area contributed by atoms with E-state index < -0.39 is 0 Å². The monoisotopic (exact) mass is 348 g/mol. The van der Waals surface area contributed by atoms with Crippen LogP contribution < -0.4 is 9.47 Å². The van der Waals surface area contributed by atoms with E-state index >= 15 is 0 Å². The average Bonchev–Trinajstić information content (AvgIpc) is 2.57. The Hall–Kier alpha value is -2.04. The van der Waals surface area contributed by atoms with E-state index in [1.165, 1.54) is 0 Å². The molecular weight excluding hydrogens is 328 g/mol. The number of aliphatic hydroxyl groups is 1. The zero-order valence-electron chi connectivity index (χ0n) is 14.1. The standard InChI is InChI=1S/C19H21ClO4/c1-4-19(22)24-17-7-5-6-14(10-21)15(17)11-23-18-9-13(3)12(2)8-16(18)20/h5-9,21H,4,10-11H2,1-3H3. The fraction of sp³-hybridized carbons (Fsp3) is 0.316. The van der Waals surface area contributed by atoms with Crippen LogP contribution in [-0.4, -0.2) is 11.1 Å². The summed E-state index contributed by atoms with van der Waals surface area (Å²) in [5, 5.41) is 10.1. The van der Waals surface area contributed by atoms with Gasteiger partial charge in [0.25, 0.3) is 0 Å². The van der Waals surface area contributed by atoms with Crippen LogP contribution >= 0.6 is 11.6 Å². The summed E-state index contributed by atoms with van der Waals surface area (Å²) in [5.41, 5.74) is 3.44. The van der Waals surface area contributed by atoms with Crippen molar-refractivity contribution < 1.29 is 19.4 Å². The molecule has 0 saturated carbocycles. The largest absolute Gasteiger partial charge is 0.487 e. The summed E-state index contributed by atoms with van der Waals surface area (Å²) in [5.74, 6) is 0.615. The molecule has 0 heterocycles. The summed E-state index contributed by atoms with van der Waals surface area (Å²) in [6.45, 7) is 5.66. The second-order valence-electron chi connectivity index (χ2n) is 5.54. The number of rotatable bonds is 6. The molecule has 0 bridgehead atoms. The normalized spacial score (nSPS) is 10.5. The Morgan fingerprint density at radius 2 is 1.88 bits per heavy atom. The molecular formula is C19H21ClO4. The summed E-state index contributed by atoms with van der Waals surface area (Å²) in [6, 6.07) is 8.91. The van der Waals surface area contributed by atoms with Crippen LogP contribution in [0.15, 0.2) is 30.3 Å². The molecule has 2 aromatic rings. The molecule has 0 saturated heterocycles. The van der Waals surface area contributed by atoms with Gasteiger partial charge in [0.15, 0.2) is 0 Å². The third-order valence-corrected chi connectivity index (χ3v) is 4.13. The van der Waals surface area contributed by atoms with Crippen molar-refractivity contribution in [1.82, 2.24) is 0 Å². The number of carbonyl (C=O) groups is 1.